The Morgan fingerprint density at radius 3 is 2.58 bits per heavy atom. The van der Waals surface area contributed by atoms with Gasteiger partial charge in [-0.05, 0) is 6.42 Å². The minimum Gasteiger partial charge on any atom is -0.392 e. The Labute approximate surface area is 116 Å². The van der Waals surface area contributed by atoms with E-state index < -0.39 is 0 Å². The molecule has 0 spiro atoms. The van der Waals surface area contributed by atoms with E-state index in [9.17, 15) is 5.11 Å². The SMILES string of the molecule is Cn1cc(CNC2CC(O)C2(C)C)c(C(C)(C)C)n1. The van der Waals surface area contributed by atoms with Crippen LogP contribution in [0, 0.1) is 5.41 Å². The van der Waals surface area contributed by atoms with Crippen molar-refractivity contribution in [2.75, 3.05) is 0 Å². The standard InChI is InChI=1S/C15H27N3O/c1-14(2,3)13-10(9-18(6)17-13)8-16-11-7-12(19)15(11,4)5/h9,11-12,16,19H,7-8H2,1-6H3. The van der Waals surface area contributed by atoms with Gasteiger partial charge in [0.1, 0.15) is 0 Å². The number of aliphatic hydroxyl groups excluding tert-OH is 1. The maximum atomic E-state index is 9.77. The number of rotatable bonds is 3. The van der Waals surface area contributed by atoms with Crippen LogP contribution in [-0.2, 0) is 19.0 Å². The molecule has 19 heavy (non-hydrogen) atoms. The molecule has 1 aliphatic rings. The summed E-state index contributed by atoms with van der Waals surface area (Å²) in [5.41, 5.74) is 2.45. The summed E-state index contributed by atoms with van der Waals surface area (Å²) in [6, 6.07) is 0.385. The number of hydrogen-bond acceptors (Lipinski definition) is 3. The summed E-state index contributed by atoms with van der Waals surface area (Å²) in [6.07, 6.45) is 2.76. The molecule has 108 valence electrons. The van der Waals surface area contributed by atoms with Crippen molar-refractivity contribution in [3.8, 4) is 0 Å². The molecule has 2 atom stereocenters. The quantitative estimate of drug-likeness (QED) is 0.878. The lowest BCUT2D eigenvalue weighted by Crippen LogP contribution is -2.59. The second kappa shape index (κ2) is 4.60. The molecule has 0 aliphatic heterocycles. The second-order valence-corrected chi connectivity index (χ2v) is 7.43. The minimum absolute atomic E-state index is 0.0237. The average Bonchev–Trinajstić information content (AvgIpc) is 2.65. The molecule has 2 N–H and O–H groups in total. The van der Waals surface area contributed by atoms with E-state index in [1.54, 1.807) is 0 Å². The van der Waals surface area contributed by atoms with Crippen LogP contribution in [0.5, 0.6) is 0 Å². The van der Waals surface area contributed by atoms with Crippen molar-refractivity contribution in [2.24, 2.45) is 12.5 Å². The molecule has 0 bridgehead atoms. The van der Waals surface area contributed by atoms with Gasteiger partial charge in [-0.25, -0.2) is 0 Å². The lowest BCUT2D eigenvalue weighted by molar-refractivity contribution is -0.0730. The minimum atomic E-state index is -0.180. The topological polar surface area (TPSA) is 50.1 Å². The molecule has 4 heteroatoms. The molecule has 1 heterocycles. The predicted octanol–water partition coefficient (Wildman–Crippen LogP) is 1.97. The van der Waals surface area contributed by atoms with Crippen LogP contribution < -0.4 is 5.32 Å². The molecular formula is C15H27N3O. The fourth-order valence-electron chi connectivity index (χ4n) is 2.78. The van der Waals surface area contributed by atoms with Gasteiger partial charge >= 0.3 is 0 Å². The molecule has 1 saturated carbocycles. The van der Waals surface area contributed by atoms with Gasteiger partial charge in [0.05, 0.1) is 11.8 Å². The average molecular weight is 265 g/mol. The maximum Gasteiger partial charge on any atom is 0.0722 e. The van der Waals surface area contributed by atoms with Crippen LogP contribution in [-0.4, -0.2) is 27.0 Å². The summed E-state index contributed by atoms with van der Waals surface area (Å²) in [6.45, 7) is 11.6. The van der Waals surface area contributed by atoms with Gasteiger partial charge in [0.15, 0.2) is 0 Å². The number of hydrogen-bond donors (Lipinski definition) is 2. The highest BCUT2D eigenvalue weighted by molar-refractivity contribution is 5.24. The molecule has 2 unspecified atom stereocenters. The lowest BCUT2D eigenvalue weighted by Gasteiger charge is -2.49. The van der Waals surface area contributed by atoms with E-state index in [4.69, 9.17) is 0 Å². The maximum absolute atomic E-state index is 9.77. The largest absolute Gasteiger partial charge is 0.392 e. The van der Waals surface area contributed by atoms with E-state index in [-0.39, 0.29) is 16.9 Å². The summed E-state index contributed by atoms with van der Waals surface area (Å²) >= 11 is 0. The molecule has 1 aliphatic carbocycles. The van der Waals surface area contributed by atoms with E-state index in [1.165, 1.54) is 5.56 Å². The van der Waals surface area contributed by atoms with Crippen molar-refractivity contribution in [1.29, 1.82) is 0 Å². The van der Waals surface area contributed by atoms with Gasteiger partial charge in [0, 0.05) is 42.2 Å². The van der Waals surface area contributed by atoms with Crippen LogP contribution in [0.3, 0.4) is 0 Å². The Hall–Kier alpha value is -0.870. The van der Waals surface area contributed by atoms with Crippen LogP contribution >= 0.6 is 0 Å². The number of nitrogens with zero attached hydrogens (tertiary/aromatic N) is 2. The van der Waals surface area contributed by atoms with E-state index in [0.29, 0.717) is 6.04 Å². The molecule has 0 aromatic carbocycles. The van der Waals surface area contributed by atoms with E-state index in [1.807, 2.05) is 11.7 Å². The summed E-state index contributed by atoms with van der Waals surface area (Å²) in [4.78, 5) is 0. The number of nitrogens with one attached hydrogen (secondary N) is 1. The van der Waals surface area contributed by atoms with Crippen molar-refractivity contribution < 1.29 is 5.11 Å². The monoisotopic (exact) mass is 265 g/mol. The van der Waals surface area contributed by atoms with Gasteiger partial charge in [0.25, 0.3) is 0 Å². The van der Waals surface area contributed by atoms with Gasteiger partial charge in [-0.15, -0.1) is 0 Å². The number of aryl methyl sites for hydroxylation is 1. The Morgan fingerprint density at radius 2 is 2.11 bits per heavy atom. The van der Waals surface area contributed by atoms with Crippen molar-refractivity contribution >= 4 is 0 Å². The highest BCUT2D eigenvalue weighted by Crippen LogP contribution is 2.40. The Bertz CT molecular complexity index is 456. The highest BCUT2D eigenvalue weighted by atomic mass is 16.3. The van der Waals surface area contributed by atoms with E-state index >= 15 is 0 Å². The first-order chi connectivity index (χ1) is 8.62. The molecular weight excluding hydrogens is 238 g/mol. The van der Waals surface area contributed by atoms with Crippen LogP contribution in [0.15, 0.2) is 6.20 Å². The Balaban J connectivity index is 2.05. The van der Waals surface area contributed by atoms with Crippen LogP contribution in [0.1, 0.15) is 52.3 Å². The van der Waals surface area contributed by atoms with Crippen molar-refractivity contribution in [1.82, 2.24) is 15.1 Å². The van der Waals surface area contributed by atoms with E-state index in [0.717, 1.165) is 18.7 Å². The molecule has 1 fully saturated rings. The third-order valence-corrected chi connectivity index (χ3v) is 4.37. The number of aromatic nitrogens is 2. The van der Waals surface area contributed by atoms with Crippen molar-refractivity contribution in [2.45, 2.75) is 65.1 Å². The van der Waals surface area contributed by atoms with Crippen LogP contribution in [0.4, 0.5) is 0 Å². The Kier molecular flexibility index (Phi) is 3.52. The van der Waals surface area contributed by atoms with Gasteiger partial charge in [-0.3, -0.25) is 4.68 Å². The first-order valence-corrected chi connectivity index (χ1v) is 7.07. The van der Waals surface area contributed by atoms with Gasteiger partial charge in [-0.1, -0.05) is 34.6 Å². The first-order valence-electron chi connectivity index (χ1n) is 7.07. The van der Waals surface area contributed by atoms with Crippen molar-refractivity contribution in [3.05, 3.63) is 17.5 Å². The van der Waals surface area contributed by atoms with Crippen LogP contribution in [0.2, 0.25) is 0 Å². The Morgan fingerprint density at radius 1 is 1.47 bits per heavy atom. The molecule has 1 aromatic heterocycles. The molecule has 0 saturated heterocycles. The van der Waals surface area contributed by atoms with Crippen LogP contribution in [0.25, 0.3) is 0 Å². The number of aliphatic hydroxyl groups is 1. The predicted molar refractivity (Wildman–Crippen MR) is 76.9 cm³/mol. The van der Waals surface area contributed by atoms with Gasteiger partial charge in [0.2, 0.25) is 0 Å². The van der Waals surface area contributed by atoms with E-state index in [2.05, 4.69) is 51.2 Å². The van der Waals surface area contributed by atoms with Gasteiger partial charge in [-0.2, -0.15) is 5.10 Å². The summed E-state index contributed by atoms with van der Waals surface area (Å²) < 4.78 is 1.89. The molecule has 0 amide bonds. The zero-order chi connectivity index (χ0) is 14.4. The lowest BCUT2D eigenvalue weighted by atomic mass is 9.64. The zero-order valence-corrected chi connectivity index (χ0v) is 13.0. The third kappa shape index (κ3) is 2.70. The summed E-state index contributed by atoms with van der Waals surface area (Å²) in [5.74, 6) is 0. The summed E-state index contributed by atoms with van der Waals surface area (Å²) in [7, 11) is 1.97. The summed E-state index contributed by atoms with van der Waals surface area (Å²) in [5, 5.41) is 17.9. The molecule has 1 aromatic rings. The highest BCUT2D eigenvalue weighted by Gasteiger charge is 2.46. The normalized spacial score (nSPS) is 26.3. The van der Waals surface area contributed by atoms with Gasteiger partial charge < -0.3 is 10.4 Å². The smallest absolute Gasteiger partial charge is 0.0722 e. The first kappa shape index (κ1) is 14.5. The molecule has 4 nitrogen and oxygen atoms in total. The molecule has 0 radical (unpaired) electrons. The second-order valence-electron chi connectivity index (χ2n) is 7.43. The third-order valence-electron chi connectivity index (χ3n) is 4.37. The van der Waals surface area contributed by atoms with Crippen molar-refractivity contribution in [3.63, 3.8) is 0 Å². The zero-order valence-electron chi connectivity index (χ0n) is 13.0. The fraction of sp³-hybridized carbons (Fsp3) is 0.800. The fourth-order valence-corrected chi connectivity index (χ4v) is 2.78. The molecule has 2 rings (SSSR count).